The number of carbonyl (C=O) groups is 2. The Morgan fingerprint density at radius 3 is 2.29 bits per heavy atom. The van der Waals surface area contributed by atoms with Gasteiger partial charge in [-0.05, 0) is 49.8 Å². The molecule has 3 aromatic rings. The maximum atomic E-state index is 12.4. The number of amides is 2. The minimum atomic E-state index is -0.232. The molecular formula is C22H22N4O2. The molecule has 2 N–H and O–H groups in total. The molecule has 142 valence electrons. The van der Waals surface area contributed by atoms with Crippen molar-refractivity contribution in [3.8, 4) is 5.69 Å². The number of benzene rings is 2. The number of aromatic nitrogens is 2. The van der Waals surface area contributed by atoms with E-state index in [0.717, 1.165) is 22.6 Å². The van der Waals surface area contributed by atoms with Gasteiger partial charge in [-0.3, -0.25) is 9.59 Å². The van der Waals surface area contributed by atoms with Crippen molar-refractivity contribution < 1.29 is 9.59 Å². The van der Waals surface area contributed by atoms with E-state index in [0.29, 0.717) is 11.4 Å². The number of para-hydroxylation sites is 1. The van der Waals surface area contributed by atoms with Gasteiger partial charge < -0.3 is 10.6 Å². The highest BCUT2D eigenvalue weighted by Gasteiger charge is 2.14. The smallest absolute Gasteiger partial charge is 0.248 e. The predicted molar refractivity (Wildman–Crippen MR) is 111 cm³/mol. The molecule has 0 radical (unpaired) electrons. The van der Waals surface area contributed by atoms with E-state index in [-0.39, 0.29) is 11.8 Å². The van der Waals surface area contributed by atoms with Gasteiger partial charge in [0.25, 0.3) is 0 Å². The van der Waals surface area contributed by atoms with Crippen molar-refractivity contribution in [2.45, 2.75) is 20.8 Å². The average molecular weight is 374 g/mol. The number of carbonyl (C=O) groups excluding carboxylic acids is 2. The number of nitrogens with one attached hydrogen (secondary N) is 2. The number of aryl methyl sites for hydroxylation is 1. The van der Waals surface area contributed by atoms with Gasteiger partial charge >= 0.3 is 0 Å². The molecule has 0 spiro atoms. The van der Waals surface area contributed by atoms with Crippen molar-refractivity contribution in [1.82, 2.24) is 9.78 Å². The Morgan fingerprint density at radius 2 is 1.64 bits per heavy atom. The standard InChI is InChI=1S/C22H22N4O2/c1-15-22(16(2)26(25-15)20-7-5-4-6-8-20)24-21(28)14-11-18-9-12-19(13-10-18)23-17(3)27/h4-14H,1-3H3,(H,23,27)(H,24,28)/b14-11+. The zero-order valence-electron chi connectivity index (χ0n) is 16.1. The van der Waals surface area contributed by atoms with Gasteiger partial charge in [-0.25, -0.2) is 4.68 Å². The van der Waals surface area contributed by atoms with Crippen LogP contribution in [0, 0.1) is 13.8 Å². The van der Waals surface area contributed by atoms with Crippen LogP contribution in [-0.2, 0) is 9.59 Å². The predicted octanol–water partition coefficient (Wildman–Crippen LogP) is 4.10. The molecule has 0 fully saturated rings. The molecule has 6 heteroatoms. The lowest BCUT2D eigenvalue weighted by Crippen LogP contribution is -2.09. The molecule has 0 bridgehead atoms. The summed E-state index contributed by atoms with van der Waals surface area (Å²) in [5, 5.41) is 10.1. The van der Waals surface area contributed by atoms with E-state index in [9.17, 15) is 9.59 Å². The number of hydrogen-bond donors (Lipinski definition) is 2. The maximum Gasteiger partial charge on any atom is 0.248 e. The normalized spacial score (nSPS) is 10.8. The van der Waals surface area contributed by atoms with E-state index in [1.54, 1.807) is 18.2 Å². The van der Waals surface area contributed by atoms with Crippen LogP contribution in [0.4, 0.5) is 11.4 Å². The van der Waals surface area contributed by atoms with E-state index in [2.05, 4.69) is 15.7 Å². The molecule has 0 saturated carbocycles. The molecule has 0 aliphatic carbocycles. The highest BCUT2D eigenvalue weighted by Crippen LogP contribution is 2.22. The van der Waals surface area contributed by atoms with Gasteiger partial charge in [-0.2, -0.15) is 5.10 Å². The summed E-state index contributed by atoms with van der Waals surface area (Å²) >= 11 is 0. The lowest BCUT2D eigenvalue weighted by atomic mass is 10.2. The van der Waals surface area contributed by atoms with Crippen LogP contribution in [0.2, 0.25) is 0 Å². The molecule has 0 aliphatic heterocycles. The van der Waals surface area contributed by atoms with E-state index < -0.39 is 0 Å². The van der Waals surface area contributed by atoms with Gasteiger partial charge in [-0.1, -0.05) is 30.3 Å². The largest absolute Gasteiger partial charge is 0.326 e. The van der Waals surface area contributed by atoms with Gasteiger partial charge in [-0.15, -0.1) is 0 Å². The zero-order chi connectivity index (χ0) is 20.1. The van der Waals surface area contributed by atoms with Crippen molar-refractivity contribution in [3.05, 3.63) is 77.6 Å². The van der Waals surface area contributed by atoms with Gasteiger partial charge in [0.05, 0.1) is 22.8 Å². The molecule has 1 aromatic heterocycles. The van der Waals surface area contributed by atoms with Crippen LogP contribution in [0.25, 0.3) is 11.8 Å². The Morgan fingerprint density at radius 1 is 0.964 bits per heavy atom. The number of anilines is 2. The molecule has 0 atom stereocenters. The quantitative estimate of drug-likeness (QED) is 0.660. The Bertz CT molecular complexity index is 1020. The topological polar surface area (TPSA) is 76.0 Å². The number of hydrogen-bond acceptors (Lipinski definition) is 3. The van der Waals surface area contributed by atoms with E-state index in [1.165, 1.54) is 13.0 Å². The maximum absolute atomic E-state index is 12.4. The van der Waals surface area contributed by atoms with Crippen LogP contribution >= 0.6 is 0 Å². The minimum Gasteiger partial charge on any atom is -0.326 e. The molecule has 2 amide bonds. The zero-order valence-corrected chi connectivity index (χ0v) is 16.1. The van der Waals surface area contributed by atoms with Crippen LogP contribution in [0.1, 0.15) is 23.9 Å². The third kappa shape index (κ3) is 4.54. The summed E-state index contributed by atoms with van der Waals surface area (Å²) < 4.78 is 1.81. The highest BCUT2D eigenvalue weighted by atomic mass is 16.2. The van der Waals surface area contributed by atoms with Crippen LogP contribution in [0.5, 0.6) is 0 Å². The highest BCUT2D eigenvalue weighted by molar-refractivity contribution is 6.02. The molecule has 2 aromatic carbocycles. The van der Waals surface area contributed by atoms with Gasteiger partial charge in [0, 0.05) is 18.7 Å². The molecule has 0 saturated heterocycles. The second-order valence-electron chi connectivity index (χ2n) is 6.42. The summed E-state index contributed by atoms with van der Waals surface area (Å²) in [4.78, 5) is 23.4. The monoisotopic (exact) mass is 374 g/mol. The van der Waals surface area contributed by atoms with E-state index in [1.807, 2.05) is 61.0 Å². The molecule has 1 heterocycles. The fraction of sp³-hybridized carbons (Fsp3) is 0.136. The summed E-state index contributed by atoms with van der Waals surface area (Å²) in [5.41, 5.74) is 4.84. The molecule has 6 nitrogen and oxygen atoms in total. The van der Waals surface area contributed by atoms with Crippen LogP contribution in [-0.4, -0.2) is 21.6 Å². The second kappa shape index (κ2) is 8.35. The lowest BCUT2D eigenvalue weighted by Gasteiger charge is -2.05. The fourth-order valence-electron chi connectivity index (χ4n) is 2.86. The van der Waals surface area contributed by atoms with E-state index >= 15 is 0 Å². The van der Waals surface area contributed by atoms with Crippen molar-refractivity contribution in [2.75, 3.05) is 10.6 Å². The summed E-state index contributed by atoms with van der Waals surface area (Å²) in [6.45, 7) is 5.25. The summed E-state index contributed by atoms with van der Waals surface area (Å²) in [6, 6.07) is 17.0. The first-order chi connectivity index (χ1) is 13.4. The first kappa shape index (κ1) is 19.1. The summed E-state index contributed by atoms with van der Waals surface area (Å²) in [5.74, 6) is -0.353. The third-order valence-electron chi connectivity index (χ3n) is 4.20. The van der Waals surface area contributed by atoms with Gasteiger partial charge in [0.1, 0.15) is 0 Å². The second-order valence-corrected chi connectivity index (χ2v) is 6.42. The van der Waals surface area contributed by atoms with Crippen LogP contribution in [0.15, 0.2) is 60.7 Å². The van der Waals surface area contributed by atoms with E-state index in [4.69, 9.17) is 0 Å². The Kier molecular flexibility index (Phi) is 5.69. The van der Waals surface area contributed by atoms with Crippen molar-refractivity contribution in [2.24, 2.45) is 0 Å². The summed E-state index contributed by atoms with van der Waals surface area (Å²) in [7, 11) is 0. The lowest BCUT2D eigenvalue weighted by molar-refractivity contribution is -0.114. The Hall–Kier alpha value is -3.67. The number of rotatable bonds is 5. The fourth-order valence-corrected chi connectivity index (χ4v) is 2.86. The van der Waals surface area contributed by atoms with Gasteiger partial charge in [0.2, 0.25) is 11.8 Å². The van der Waals surface area contributed by atoms with Crippen molar-refractivity contribution in [1.29, 1.82) is 0 Å². The van der Waals surface area contributed by atoms with Gasteiger partial charge in [0.15, 0.2) is 0 Å². The first-order valence-corrected chi connectivity index (χ1v) is 8.92. The minimum absolute atomic E-state index is 0.121. The Balaban J connectivity index is 1.70. The molecule has 0 aliphatic rings. The SMILES string of the molecule is CC(=O)Nc1ccc(/C=C/C(=O)Nc2c(C)nn(-c3ccccc3)c2C)cc1. The molecular weight excluding hydrogens is 352 g/mol. The van der Waals surface area contributed by atoms with Crippen molar-refractivity contribution >= 4 is 29.3 Å². The molecule has 3 rings (SSSR count). The molecule has 28 heavy (non-hydrogen) atoms. The van der Waals surface area contributed by atoms with Crippen LogP contribution < -0.4 is 10.6 Å². The van der Waals surface area contributed by atoms with Crippen LogP contribution in [0.3, 0.4) is 0 Å². The average Bonchev–Trinajstić information content (AvgIpc) is 2.96. The Labute approximate surface area is 163 Å². The first-order valence-electron chi connectivity index (χ1n) is 8.92. The molecule has 0 unspecified atom stereocenters. The van der Waals surface area contributed by atoms with Crippen molar-refractivity contribution in [3.63, 3.8) is 0 Å². The third-order valence-corrected chi connectivity index (χ3v) is 4.20. The summed E-state index contributed by atoms with van der Waals surface area (Å²) in [6.07, 6.45) is 3.20. The number of nitrogens with zero attached hydrogens (tertiary/aromatic N) is 2.